The first kappa shape index (κ1) is 18.8. The van der Waals surface area contributed by atoms with Crippen LogP contribution in [0, 0.1) is 0 Å². The quantitative estimate of drug-likeness (QED) is 0.631. The first-order chi connectivity index (χ1) is 13.2. The third-order valence-electron chi connectivity index (χ3n) is 3.93. The minimum absolute atomic E-state index is 0.0709. The van der Waals surface area contributed by atoms with Gasteiger partial charge in [0, 0.05) is 11.9 Å². The van der Waals surface area contributed by atoms with Gasteiger partial charge in [-0.05, 0) is 17.5 Å². The maximum Gasteiger partial charge on any atom is 0.230 e. The van der Waals surface area contributed by atoms with Crippen LogP contribution < -0.4 is 10.6 Å². The Hall–Kier alpha value is -2.99. The Morgan fingerprint density at radius 1 is 0.852 bits per heavy atom. The van der Waals surface area contributed by atoms with E-state index in [0.717, 1.165) is 12.0 Å². The monoisotopic (exact) mass is 379 g/mol. The van der Waals surface area contributed by atoms with Gasteiger partial charge in [0.25, 0.3) is 0 Å². The van der Waals surface area contributed by atoms with E-state index in [2.05, 4.69) is 15.6 Å². The zero-order valence-electron chi connectivity index (χ0n) is 14.9. The van der Waals surface area contributed by atoms with E-state index in [0.29, 0.717) is 23.8 Å². The van der Waals surface area contributed by atoms with Crippen LogP contribution in [0.4, 0.5) is 5.13 Å². The van der Waals surface area contributed by atoms with Crippen molar-refractivity contribution in [2.45, 2.75) is 19.3 Å². The molecule has 3 rings (SSSR count). The number of aromatic nitrogens is 1. The number of rotatable bonds is 8. The molecule has 0 unspecified atom stereocenters. The van der Waals surface area contributed by atoms with Gasteiger partial charge in [-0.15, -0.1) is 11.3 Å². The Morgan fingerprint density at radius 3 is 2.22 bits per heavy atom. The summed E-state index contributed by atoms with van der Waals surface area (Å²) in [6, 6.07) is 19.6. The summed E-state index contributed by atoms with van der Waals surface area (Å²) in [4.78, 5) is 28.4. The van der Waals surface area contributed by atoms with Crippen molar-refractivity contribution < 1.29 is 9.59 Å². The maximum absolute atomic E-state index is 12.1. The van der Waals surface area contributed by atoms with E-state index in [-0.39, 0.29) is 18.2 Å². The lowest BCUT2D eigenvalue weighted by atomic mass is 10.1. The second-order valence-corrected chi connectivity index (χ2v) is 6.97. The number of thiazole rings is 1. The number of carbonyl (C=O) groups is 2. The van der Waals surface area contributed by atoms with Gasteiger partial charge in [-0.1, -0.05) is 60.7 Å². The molecule has 1 heterocycles. The predicted molar refractivity (Wildman–Crippen MR) is 108 cm³/mol. The third-order valence-corrected chi connectivity index (χ3v) is 4.73. The molecule has 0 saturated carbocycles. The Morgan fingerprint density at radius 2 is 1.52 bits per heavy atom. The number of amides is 2. The molecule has 2 aromatic carbocycles. The number of carbonyl (C=O) groups excluding carboxylic acids is 2. The van der Waals surface area contributed by atoms with Gasteiger partial charge < -0.3 is 10.6 Å². The van der Waals surface area contributed by atoms with Crippen molar-refractivity contribution in [1.82, 2.24) is 10.3 Å². The largest absolute Gasteiger partial charge is 0.355 e. The summed E-state index contributed by atoms with van der Waals surface area (Å²) in [7, 11) is 0. The fourth-order valence-corrected chi connectivity index (χ4v) is 3.33. The van der Waals surface area contributed by atoms with Crippen molar-refractivity contribution in [1.29, 1.82) is 0 Å². The summed E-state index contributed by atoms with van der Waals surface area (Å²) in [5, 5.41) is 8.00. The Kier molecular flexibility index (Phi) is 6.71. The second kappa shape index (κ2) is 9.64. The minimum atomic E-state index is -0.116. The zero-order valence-corrected chi connectivity index (χ0v) is 15.7. The van der Waals surface area contributed by atoms with E-state index in [1.807, 2.05) is 60.7 Å². The fourth-order valence-electron chi connectivity index (χ4n) is 2.61. The van der Waals surface area contributed by atoms with Crippen LogP contribution in [0.5, 0.6) is 0 Å². The zero-order chi connectivity index (χ0) is 18.9. The van der Waals surface area contributed by atoms with Crippen LogP contribution in [0.15, 0.2) is 66.0 Å². The highest BCUT2D eigenvalue weighted by Gasteiger charge is 2.10. The molecule has 0 fully saturated rings. The molecule has 0 atom stereocenters. The van der Waals surface area contributed by atoms with Crippen LogP contribution in [0.2, 0.25) is 0 Å². The molecule has 0 spiro atoms. The molecule has 0 radical (unpaired) electrons. The van der Waals surface area contributed by atoms with E-state index >= 15 is 0 Å². The molecule has 6 heteroatoms. The van der Waals surface area contributed by atoms with Gasteiger partial charge in [-0.25, -0.2) is 4.98 Å². The van der Waals surface area contributed by atoms with Crippen molar-refractivity contribution in [2.75, 3.05) is 11.9 Å². The SMILES string of the molecule is O=C(Cc1csc(NC(=O)Cc2ccccc2)n1)NCCc1ccccc1. The van der Waals surface area contributed by atoms with Crippen molar-refractivity contribution in [2.24, 2.45) is 0 Å². The van der Waals surface area contributed by atoms with Gasteiger partial charge >= 0.3 is 0 Å². The number of nitrogens with zero attached hydrogens (tertiary/aromatic N) is 1. The number of hydrogen-bond acceptors (Lipinski definition) is 4. The lowest BCUT2D eigenvalue weighted by Crippen LogP contribution is -2.27. The van der Waals surface area contributed by atoms with E-state index < -0.39 is 0 Å². The van der Waals surface area contributed by atoms with E-state index in [1.54, 1.807) is 5.38 Å². The molecular weight excluding hydrogens is 358 g/mol. The van der Waals surface area contributed by atoms with Gasteiger partial charge in [-0.3, -0.25) is 9.59 Å². The van der Waals surface area contributed by atoms with Crippen molar-refractivity contribution in [3.8, 4) is 0 Å². The smallest absolute Gasteiger partial charge is 0.230 e. The Balaban J connectivity index is 1.42. The Bertz CT molecular complexity index is 879. The predicted octanol–water partition coefficient (Wildman–Crippen LogP) is 3.23. The lowest BCUT2D eigenvalue weighted by Gasteiger charge is -2.04. The highest BCUT2D eigenvalue weighted by molar-refractivity contribution is 7.13. The van der Waals surface area contributed by atoms with Gasteiger partial charge in [0.1, 0.15) is 0 Å². The highest BCUT2D eigenvalue weighted by Crippen LogP contribution is 2.16. The van der Waals surface area contributed by atoms with Crippen LogP contribution in [0.1, 0.15) is 16.8 Å². The molecule has 0 bridgehead atoms. The van der Waals surface area contributed by atoms with Gasteiger partial charge in [0.15, 0.2) is 5.13 Å². The van der Waals surface area contributed by atoms with Crippen molar-refractivity contribution >= 4 is 28.3 Å². The average molecular weight is 379 g/mol. The standard InChI is InChI=1S/C21H21N3O2S/c25-19(22-12-11-16-7-3-1-4-8-16)14-18-15-27-21(23-18)24-20(26)13-17-9-5-2-6-10-17/h1-10,15H,11-14H2,(H,22,25)(H,23,24,26). The van der Waals surface area contributed by atoms with E-state index in [1.165, 1.54) is 16.9 Å². The van der Waals surface area contributed by atoms with Crippen LogP contribution in [-0.2, 0) is 28.9 Å². The lowest BCUT2D eigenvalue weighted by molar-refractivity contribution is -0.120. The van der Waals surface area contributed by atoms with Crippen LogP contribution >= 0.6 is 11.3 Å². The normalized spacial score (nSPS) is 10.4. The van der Waals surface area contributed by atoms with E-state index in [4.69, 9.17) is 0 Å². The van der Waals surface area contributed by atoms with Crippen LogP contribution in [-0.4, -0.2) is 23.3 Å². The molecule has 5 nitrogen and oxygen atoms in total. The van der Waals surface area contributed by atoms with Crippen molar-refractivity contribution in [3.05, 3.63) is 82.9 Å². The summed E-state index contributed by atoms with van der Waals surface area (Å²) in [5.41, 5.74) is 2.80. The number of anilines is 1. The molecule has 138 valence electrons. The molecule has 0 aliphatic rings. The van der Waals surface area contributed by atoms with Gasteiger partial charge in [0.05, 0.1) is 18.5 Å². The van der Waals surface area contributed by atoms with Gasteiger partial charge in [0.2, 0.25) is 11.8 Å². The average Bonchev–Trinajstić information content (AvgIpc) is 3.10. The summed E-state index contributed by atoms with van der Waals surface area (Å²) < 4.78 is 0. The first-order valence-electron chi connectivity index (χ1n) is 8.78. The highest BCUT2D eigenvalue weighted by atomic mass is 32.1. The molecule has 2 amide bonds. The van der Waals surface area contributed by atoms with Crippen molar-refractivity contribution in [3.63, 3.8) is 0 Å². The van der Waals surface area contributed by atoms with E-state index in [9.17, 15) is 9.59 Å². The summed E-state index contributed by atoms with van der Waals surface area (Å²) in [6.45, 7) is 0.591. The Labute approximate surface area is 162 Å². The summed E-state index contributed by atoms with van der Waals surface area (Å²) in [6.07, 6.45) is 1.31. The number of benzene rings is 2. The summed E-state index contributed by atoms with van der Waals surface area (Å²) >= 11 is 1.33. The molecule has 0 aliphatic carbocycles. The topological polar surface area (TPSA) is 71.1 Å². The molecule has 1 aromatic heterocycles. The third kappa shape index (κ3) is 6.34. The molecule has 2 N–H and O–H groups in total. The molecule has 0 aliphatic heterocycles. The first-order valence-corrected chi connectivity index (χ1v) is 9.66. The fraction of sp³-hybridized carbons (Fsp3) is 0.190. The van der Waals surface area contributed by atoms with Crippen LogP contribution in [0.3, 0.4) is 0 Å². The molecule has 0 saturated heterocycles. The number of hydrogen-bond donors (Lipinski definition) is 2. The molecule has 27 heavy (non-hydrogen) atoms. The maximum atomic E-state index is 12.1. The second-order valence-electron chi connectivity index (χ2n) is 6.12. The molecular formula is C21H21N3O2S. The van der Waals surface area contributed by atoms with Crippen LogP contribution in [0.25, 0.3) is 0 Å². The minimum Gasteiger partial charge on any atom is -0.355 e. The van der Waals surface area contributed by atoms with Gasteiger partial charge in [-0.2, -0.15) is 0 Å². The summed E-state index contributed by atoms with van der Waals surface area (Å²) in [5.74, 6) is -0.187. The number of nitrogens with one attached hydrogen (secondary N) is 2. The molecule has 3 aromatic rings.